The standard InChI is InChI=1S/C30H23N5OS/c1-19-25(23-10-4-6-12-27(23)35(19)18-21-9-3-2-8-20(21)15-31)14-22(16-32)29(36)34-30-26(17-33)24-11-5-7-13-28(24)37-30/h2-4,6,8-10,12,14H,5,7,11,13,18H2,1H3,(H,34,36)/b22-14+. The lowest BCUT2D eigenvalue weighted by atomic mass is 9.96. The van der Waals surface area contributed by atoms with Crippen molar-refractivity contribution in [2.24, 2.45) is 0 Å². The molecular formula is C30H23N5OS. The number of amides is 1. The number of carbonyl (C=O) groups is 1. The molecule has 0 fully saturated rings. The fourth-order valence-corrected chi connectivity index (χ4v) is 6.25. The summed E-state index contributed by atoms with van der Waals surface area (Å²) in [4.78, 5) is 14.4. The third kappa shape index (κ3) is 4.40. The second-order valence-corrected chi connectivity index (χ2v) is 10.1. The molecule has 1 aliphatic rings. The van der Waals surface area contributed by atoms with Crippen LogP contribution in [0.1, 0.15) is 51.2 Å². The SMILES string of the molecule is Cc1c(/C=C(\C#N)C(=O)Nc2sc3c(c2C#N)CCCC3)c2ccccc2n1Cc1ccccc1C#N. The molecule has 0 saturated carbocycles. The van der Waals surface area contributed by atoms with Gasteiger partial charge in [0, 0.05) is 33.6 Å². The number of nitrogens with zero attached hydrogens (tertiary/aromatic N) is 4. The topological polar surface area (TPSA) is 105 Å². The van der Waals surface area contributed by atoms with Crippen molar-refractivity contribution < 1.29 is 4.79 Å². The summed E-state index contributed by atoms with van der Waals surface area (Å²) in [5.74, 6) is -0.524. The summed E-state index contributed by atoms with van der Waals surface area (Å²) in [6.07, 6.45) is 5.51. The van der Waals surface area contributed by atoms with Gasteiger partial charge < -0.3 is 9.88 Å². The average Bonchev–Trinajstić information content (AvgIpc) is 3.41. The molecule has 2 aromatic heterocycles. The Morgan fingerprint density at radius 1 is 1.05 bits per heavy atom. The molecule has 2 aromatic carbocycles. The van der Waals surface area contributed by atoms with E-state index in [1.807, 2.05) is 49.4 Å². The van der Waals surface area contributed by atoms with Crippen molar-refractivity contribution >= 4 is 39.2 Å². The van der Waals surface area contributed by atoms with E-state index in [1.54, 1.807) is 12.1 Å². The number of aromatic nitrogens is 1. The summed E-state index contributed by atoms with van der Waals surface area (Å²) in [6, 6.07) is 21.9. The van der Waals surface area contributed by atoms with Gasteiger partial charge in [-0.2, -0.15) is 15.8 Å². The van der Waals surface area contributed by atoms with E-state index in [1.165, 1.54) is 11.3 Å². The summed E-state index contributed by atoms with van der Waals surface area (Å²) < 4.78 is 2.10. The predicted molar refractivity (Wildman–Crippen MR) is 145 cm³/mol. The summed E-state index contributed by atoms with van der Waals surface area (Å²) in [6.45, 7) is 2.44. The molecule has 0 atom stereocenters. The van der Waals surface area contributed by atoms with E-state index in [2.05, 4.69) is 28.1 Å². The Balaban J connectivity index is 1.53. The molecule has 0 spiro atoms. The number of para-hydroxylation sites is 1. The maximum Gasteiger partial charge on any atom is 0.266 e. The number of fused-ring (bicyclic) bond motifs is 2. The van der Waals surface area contributed by atoms with Crippen LogP contribution in [0.5, 0.6) is 0 Å². The summed E-state index contributed by atoms with van der Waals surface area (Å²) in [7, 11) is 0. The number of rotatable bonds is 5. The zero-order valence-electron chi connectivity index (χ0n) is 20.3. The molecule has 7 heteroatoms. The Morgan fingerprint density at radius 2 is 1.81 bits per heavy atom. The Bertz CT molecular complexity index is 1700. The van der Waals surface area contributed by atoms with E-state index in [0.717, 1.165) is 63.8 Å². The van der Waals surface area contributed by atoms with Crippen LogP contribution in [0.25, 0.3) is 17.0 Å². The van der Waals surface area contributed by atoms with Crippen LogP contribution in [0.4, 0.5) is 5.00 Å². The maximum atomic E-state index is 13.2. The van der Waals surface area contributed by atoms with Gasteiger partial charge in [-0.1, -0.05) is 36.4 Å². The van der Waals surface area contributed by atoms with Gasteiger partial charge in [-0.15, -0.1) is 11.3 Å². The Hall–Kier alpha value is -4.64. The molecule has 0 unspecified atom stereocenters. The Labute approximate surface area is 219 Å². The van der Waals surface area contributed by atoms with E-state index in [-0.39, 0.29) is 5.57 Å². The molecule has 0 aliphatic heterocycles. The van der Waals surface area contributed by atoms with Gasteiger partial charge in [-0.25, -0.2) is 0 Å². The number of hydrogen-bond acceptors (Lipinski definition) is 5. The molecule has 1 N–H and O–H groups in total. The molecule has 0 saturated heterocycles. The monoisotopic (exact) mass is 501 g/mol. The third-order valence-corrected chi connectivity index (χ3v) is 8.12. The Morgan fingerprint density at radius 3 is 2.59 bits per heavy atom. The van der Waals surface area contributed by atoms with Crippen molar-refractivity contribution in [1.29, 1.82) is 15.8 Å². The zero-order valence-corrected chi connectivity index (χ0v) is 21.2. The quantitative estimate of drug-likeness (QED) is 0.258. The lowest BCUT2D eigenvalue weighted by Crippen LogP contribution is -2.13. The van der Waals surface area contributed by atoms with Gasteiger partial charge in [0.15, 0.2) is 0 Å². The number of aryl methyl sites for hydroxylation is 1. The highest BCUT2D eigenvalue weighted by atomic mass is 32.1. The maximum absolute atomic E-state index is 13.2. The summed E-state index contributed by atoms with van der Waals surface area (Å²) >= 11 is 1.44. The Kier molecular flexibility index (Phi) is 6.60. The normalized spacial score (nSPS) is 12.9. The molecule has 5 rings (SSSR count). The predicted octanol–water partition coefficient (Wildman–Crippen LogP) is 6.23. The molecule has 1 aliphatic carbocycles. The lowest BCUT2D eigenvalue weighted by molar-refractivity contribution is -0.112. The first-order chi connectivity index (χ1) is 18.0. The van der Waals surface area contributed by atoms with Crippen LogP contribution >= 0.6 is 11.3 Å². The largest absolute Gasteiger partial charge is 0.340 e. The van der Waals surface area contributed by atoms with Crippen LogP contribution in [0.3, 0.4) is 0 Å². The van der Waals surface area contributed by atoms with Gasteiger partial charge in [0.2, 0.25) is 0 Å². The molecule has 6 nitrogen and oxygen atoms in total. The van der Waals surface area contributed by atoms with E-state index < -0.39 is 5.91 Å². The number of hydrogen-bond donors (Lipinski definition) is 1. The van der Waals surface area contributed by atoms with Crippen molar-refractivity contribution in [2.45, 2.75) is 39.2 Å². The molecule has 37 heavy (non-hydrogen) atoms. The molecule has 0 radical (unpaired) electrons. The second kappa shape index (κ2) is 10.2. The number of benzene rings is 2. The number of nitrogens with one attached hydrogen (secondary N) is 1. The van der Waals surface area contributed by atoms with Gasteiger partial charge >= 0.3 is 0 Å². The van der Waals surface area contributed by atoms with E-state index >= 15 is 0 Å². The van der Waals surface area contributed by atoms with Crippen LogP contribution in [0, 0.1) is 40.9 Å². The number of nitriles is 3. The van der Waals surface area contributed by atoms with Crippen molar-refractivity contribution in [2.75, 3.05) is 5.32 Å². The summed E-state index contributed by atoms with van der Waals surface area (Å²) in [5, 5.41) is 33.5. The first-order valence-corrected chi connectivity index (χ1v) is 12.9. The van der Waals surface area contributed by atoms with Crippen LogP contribution < -0.4 is 5.32 Å². The molecular weight excluding hydrogens is 478 g/mol. The molecule has 180 valence electrons. The fraction of sp³-hybridized carbons (Fsp3) is 0.200. The second-order valence-electron chi connectivity index (χ2n) is 9.02. The first kappa shape index (κ1) is 24.1. The highest BCUT2D eigenvalue weighted by Crippen LogP contribution is 2.38. The van der Waals surface area contributed by atoms with Crippen LogP contribution in [-0.4, -0.2) is 10.5 Å². The van der Waals surface area contributed by atoms with E-state index in [4.69, 9.17) is 0 Å². The molecule has 4 aromatic rings. The van der Waals surface area contributed by atoms with Gasteiger partial charge in [0.25, 0.3) is 5.91 Å². The first-order valence-electron chi connectivity index (χ1n) is 12.1. The molecule has 2 heterocycles. The van der Waals surface area contributed by atoms with Crippen LogP contribution in [0.2, 0.25) is 0 Å². The smallest absolute Gasteiger partial charge is 0.266 e. The lowest BCUT2D eigenvalue weighted by Gasteiger charge is -2.10. The van der Waals surface area contributed by atoms with Crippen molar-refractivity contribution in [1.82, 2.24) is 4.57 Å². The highest BCUT2D eigenvalue weighted by Gasteiger charge is 2.23. The number of thiophene rings is 1. The molecule has 0 bridgehead atoms. The minimum absolute atomic E-state index is 0.0290. The van der Waals surface area contributed by atoms with Crippen molar-refractivity contribution in [3.8, 4) is 18.2 Å². The zero-order chi connectivity index (χ0) is 25.9. The van der Waals surface area contributed by atoms with Crippen LogP contribution in [0.15, 0.2) is 54.1 Å². The minimum Gasteiger partial charge on any atom is -0.340 e. The van der Waals surface area contributed by atoms with Crippen molar-refractivity contribution in [3.05, 3.63) is 92.5 Å². The average molecular weight is 502 g/mol. The molecule has 1 amide bonds. The highest BCUT2D eigenvalue weighted by molar-refractivity contribution is 7.16. The van der Waals surface area contributed by atoms with Gasteiger partial charge in [-0.05, 0) is 61.9 Å². The van der Waals surface area contributed by atoms with Gasteiger partial charge in [-0.3, -0.25) is 4.79 Å². The van der Waals surface area contributed by atoms with Crippen LogP contribution in [-0.2, 0) is 24.2 Å². The van der Waals surface area contributed by atoms with Gasteiger partial charge in [0.05, 0.1) is 17.2 Å². The minimum atomic E-state index is -0.524. The number of anilines is 1. The van der Waals surface area contributed by atoms with Gasteiger partial charge in [0.1, 0.15) is 22.7 Å². The van der Waals surface area contributed by atoms with E-state index in [0.29, 0.717) is 22.7 Å². The summed E-state index contributed by atoms with van der Waals surface area (Å²) in [5.41, 5.74) is 5.66. The number of carbonyl (C=O) groups excluding carboxylic acids is 1. The third-order valence-electron chi connectivity index (χ3n) is 6.91. The van der Waals surface area contributed by atoms with E-state index in [9.17, 15) is 20.6 Å². The fourth-order valence-electron chi connectivity index (χ4n) is 5.02. The van der Waals surface area contributed by atoms with Crippen molar-refractivity contribution in [3.63, 3.8) is 0 Å².